The molecule has 2 aromatic carbocycles. The van der Waals surface area contributed by atoms with E-state index in [1.165, 1.54) is 29.2 Å². The minimum absolute atomic E-state index is 0.102. The van der Waals surface area contributed by atoms with Crippen molar-refractivity contribution in [2.75, 3.05) is 13.7 Å². The normalized spacial score (nSPS) is 12.4. The number of halogens is 3. The second kappa shape index (κ2) is 9.37. The van der Waals surface area contributed by atoms with Crippen LogP contribution in [0.25, 0.3) is 22.0 Å². The third-order valence-corrected chi connectivity index (χ3v) is 4.88. The van der Waals surface area contributed by atoms with E-state index < -0.39 is 19.1 Å². The molecule has 0 aliphatic carbocycles. The molecule has 1 heterocycles. The van der Waals surface area contributed by atoms with Crippen molar-refractivity contribution in [3.8, 4) is 16.9 Å². The Morgan fingerprint density at radius 2 is 1.97 bits per heavy atom. The first kappa shape index (κ1) is 23.2. The van der Waals surface area contributed by atoms with Gasteiger partial charge in [-0.25, -0.2) is 0 Å². The molecule has 168 valence electrons. The Kier molecular flexibility index (Phi) is 6.81. The molecule has 32 heavy (non-hydrogen) atoms. The maximum Gasteiger partial charge on any atom is 0.573 e. The van der Waals surface area contributed by atoms with Crippen LogP contribution < -0.4 is 4.74 Å². The minimum Gasteiger partial charge on any atom is -0.406 e. The van der Waals surface area contributed by atoms with Gasteiger partial charge in [0.15, 0.2) is 0 Å². The number of amides is 1. The fourth-order valence-electron chi connectivity index (χ4n) is 3.49. The third-order valence-electron chi connectivity index (χ3n) is 4.88. The zero-order valence-corrected chi connectivity index (χ0v) is 17.1. The standard InChI is InChI=1S/C23H21F3N2O4/c1-3-20(31)28(2)12-15-11-18(14-6-8-16(9-7-14)32-23(24,25)26)22-17(5-4-10-27-22)21(15)19(30)13-29/h3-11,19,29-30H,1,12-13H2,2H3. The molecule has 1 aromatic heterocycles. The molecular formula is C23H21F3N2O4. The number of hydrogen-bond donors (Lipinski definition) is 2. The first-order valence-electron chi connectivity index (χ1n) is 9.57. The lowest BCUT2D eigenvalue weighted by atomic mass is 9.91. The molecule has 0 saturated heterocycles. The number of aromatic nitrogens is 1. The Hall–Kier alpha value is -3.43. The number of hydrogen-bond acceptors (Lipinski definition) is 5. The summed E-state index contributed by atoms with van der Waals surface area (Å²) >= 11 is 0. The highest BCUT2D eigenvalue weighted by Gasteiger charge is 2.31. The summed E-state index contributed by atoms with van der Waals surface area (Å²) in [4.78, 5) is 17.8. The van der Waals surface area contributed by atoms with Crippen LogP contribution in [0, 0.1) is 0 Å². The van der Waals surface area contributed by atoms with E-state index in [-0.39, 0.29) is 18.2 Å². The average molecular weight is 446 g/mol. The summed E-state index contributed by atoms with van der Waals surface area (Å²) in [7, 11) is 1.56. The van der Waals surface area contributed by atoms with Crippen LogP contribution in [0.5, 0.6) is 5.75 Å². The molecule has 0 bridgehead atoms. The summed E-state index contributed by atoms with van der Waals surface area (Å²) in [5.41, 5.74) is 2.60. The number of ether oxygens (including phenoxy) is 1. The zero-order chi connectivity index (χ0) is 23.5. The van der Waals surface area contributed by atoms with Crippen LogP contribution in [0.4, 0.5) is 13.2 Å². The van der Waals surface area contributed by atoms with E-state index >= 15 is 0 Å². The van der Waals surface area contributed by atoms with Gasteiger partial charge in [-0.2, -0.15) is 0 Å². The van der Waals surface area contributed by atoms with Gasteiger partial charge in [-0.3, -0.25) is 9.78 Å². The highest BCUT2D eigenvalue weighted by Crippen LogP contribution is 2.36. The highest BCUT2D eigenvalue weighted by atomic mass is 19.4. The fourth-order valence-corrected chi connectivity index (χ4v) is 3.49. The molecule has 1 unspecified atom stereocenters. The van der Waals surface area contributed by atoms with Gasteiger partial charge in [0.05, 0.1) is 12.1 Å². The summed E-state index contributed by atoms with van der Waals surface area (Å²) in [6, 6.07) is 10.4. The van der Waals surface area contributed by atoms with Gasteiger partial charge in [0, 0.05) is 30.7 Å². The number of carbonyl (C=O) groups is 1. The van der Waals surface area contributed by atoms with Gasteiger partial charge in [0.25, 0.3) is 0 Å². The predicted octanol–water partition coefficient (Wildman–Crippen LogP) is 3.97. The molecule has 1 atom stereocenters. The fraction of sp³-hybridized carbons (Fsp3) is 0.217. The van der Waals surface area contributed by atoms with E-state index in [0.717, 1.165) is 6.08 Å². The lowest BCUT2D eigenvalue weighted by Crippen LogP contribution is -2.25. The molecule has 3 rings (SSSR count). The maximum absolute atomic E-state index is 12.5. The number of likely N-dealkylation sites (N-methyl/N-ethyl adjacent to an activating group) is 1. The summed E-state index contributed by atoms with van der Waals surface area (Å²) in [5, 5.41) is 20.6. The molecule has 9 heteroatoms. The molecule has 3 aromatic rings. The van der Waals surface area contributed by atoms with Crippen molar-refractivity contribution in [3.63, 3.8) is 0 Å². The van der Waals surface area contributed by atoms with Gasteiger partial charge < -0.3 is 19.8 Å². The topological polar surface area (TPSA) is 82.9 Å². The lowest BCUT2D eigenvalue weighted by molar-refractivity contribution is -0.274. The zero-order valence-electron chi connectivity index (χ0n) is 17.1. The minimum atomic E-state index is -4.80. The molecule has 0 fully saturated rings. The van der Waals surface area contributed by atoms with E-state index in [4.69, 9.17) is 0 Å². The number of alkyl halides is 3. The summed E-state index contributed by atoms with van der Waals surface area (Å²) in [5.74, 6) is -0.696. The van der Waals surface area contributed by atoms with Crippen LogP contribution in [0.3, 0.4) is 0 Å². The van der Waals surface area contributed by atoms with Crippen LogP contribution in [-0.4, -0.2) is 46.0 Å². The molecule has 0 saturated carbocycles. The summed E-state index contributed by atoms with van der Waals surface area (Å²) < 4.78 is 41.4. The number of carbonyl (C=O) groups excluding carboxylic acids is 1. The van der Waals surface area contributed by atoms with Crippen LogP contribution in [0.2, 0.25) is 0 Å². The maximum atomic E-state index is 12.5. The number of aliphatic hydroxyl groups is 2. The van der Waals surface area contributed by atoms with Gasteiger partial charge in [-0.05, 0) is 47.0 Å². The van der Waals surface area contributed by atoms with Gasteiger partial charge >= 0.3 is 6.36 Å². The number of fused-ring (bicyclic) bond motifs is 1. The Labute approximate surface area is 182 Å². The summed E-state index contributed by atoms with van der Waals surface area (Å²) in [6.45, 7) is 3.02. The second-order valence-corrected chi connectivity index (χ2v) is 7.07. The quantitative estimate of drug-likeness (QED) is 0.537. The molecule has 6 nitrogen and oxygen atoms in total. The van der Waals surface area contributed by atoms with Crippen molar-refractivity contribution in [1.29, 1.82) is 0 Å². The van der Waals surface area contributed by atoms with Gasteiger partial charge in [-0.1, -0.05) is 24.8 Å². The number of pyridine rings is 1. The van der Waals surface area contributed by atoms with Gasteiger partial charge in [0.1, 0.15) is 11.9 Å². The number of aliphatic hydroxyl groups excluding tert-OH is 2. The predicted molar refractivity (Wildman–Crippen MR) is 113 cm³/mol. The number of nitrogens with zero attached hydrogens (tertiary/aromatic N) is 2. The van der Waals surface area contributed by atoms with E-state index in [0.29, 0.717) is 33.2 Å². The van der Waals surface area contributed by atoms with E-state index in [2.05, 4.69) is 16.3 Å². The monoisotopic (exact) mass is 446 g/mol. The van der Waals surface area contributed by atoms with Crippen LogP contribution in [0.15, 0.2) is 61.3 Å². The molecule has 0 aliphatic rings. The van der Waals surface area contributed by atoms with Crippen molar-refractivity contribution < 1.29 is 32.9 Å². The molecule has 1 amide bonds. The van der Waals surface area contributed by atoms with Crippen molar-refractivity contribution >= 4 is 16.8 Å². The lowest BCUT2D eigenvalue weighted by Gasteiger charge is -2.23. The Balaban J connectivity index is 2.18. The number of rotatable bonds is 7. The Morgan fingerprint density at radius 3 is 2.56 bits per heavy atom. The third kappa shape index (κ3) is 5.06. The Bertz CT molecular complexity index is 1130. The van der Waals surface area contributed by atoms with E-state index in [1.54, 1.807) is 31.4 Å². The SMILES string of the molecule is C=CC(=O)N(C)Cc1cc(-c2ccc(OC(F)(F)F)cc2)c2ncccc2c1C(O)CO. The van der Waals surface area contributed by atoms with Crippen molar-refractivity contribution in [3.05, 3.63) is 72.4 Å². The largest absolute Gasteiger partial charge is 0.573 e. The summed E-state index contributed by atoms with van der Waals surface area (Å²) in [6.07, 6.45) is -3.31. The van der Waals surface area contributed by atoms with Crippen LogP contribution >= 0.6 is 0 Å². The van der Waals surface area contributed by atoms with E-state index in [1.807, 2.05) is 0 Å². The Morgan fingerprint density at radius 1 is 1.28 bits per heavy atom. The molecule has 0 aliphatic heterocycles. The molecule has 0 spiro atoms. The number of benzene rings is 2. The van der Waals surface area contributed by atoms with Crippen molar-refractivity contribution in [2.45, 2.75) is 19.0 Å². The van der Waals surface area contributed by atoms with Crippen molar-refractivity contribution in [1.82, 2.24) is 9.88 Å². The smallest absolute Gasteiger partial charge is 0.406 e. The second-order valence-electron chi connectivity index (χ2n) is 7.07. The van der Waals surface area contributed by atoms with Gasteiger partial charge in [0.2, 0.25) is 5.91 Å². The highest BCUT2D eigenvalue weighted by molar-refractivity contribution is 5.97. The first-order valence-corrected chi connectivity index (χ1v) is 9.57. The van der Waals surface area contributed by atoms with Gasteiger partial charge in [-0.15, -0.1) is 13.2 Å². The molecular weight excluding hydrogens is 425 g/mol. The first-order chi connectivity index (χ1) is 15.1. The molecule has 0 radical (unpaired) electrons. The van der Waals surface area contributed by atoms with E-state index in [9.17, 15) is 28.2 Å². The van der Waals surface area contributed by atoms with Crippen molar-refractivity contribution in [2.24, 2.45) is 0 Å². The molecule has 2 N–H and O–H groups in total. The van der Waals surface area contributed by atoms with Crippen LogP contribution in [-0.2, 0) is 11.3 Å². The van der Waals surface area contributed by atoms with Crippen LogP contribution in [0.1, 0.15) is 17.2 Å². The average Bonchev–Trinajstić information content (AvgIpc) is 2.77.